The molecule has 0 radical (unpaired) electrons. The minimum atomic E-state index is -4.49. The molecule has 1 aromatic heterocycles. The molecule has 27 heavy (non-hydrogen) atoms. The molecule has 1 amide bonds. The SMILES string of the molecule is Nc1nc(SC2CCCC2)[nH]c(=O)c1NC(=O)c1ccc(C(F)(F)F)cc1. The average Bonchev–Trinajstić information content (AvgIpc) is 3.10. The number of thioether (sulfide) groups is 1. The molecule has 1 saturated carbocycles. The van der Waals surface area contributed by atoms with Crippen LogP contribution in [0.5, 0.6) is 0 Å². The molecule has 0 aliphatic heterocycles. The number of aromatic amines is 1. The molecule has 0 unspecified atom stereocenters. The maximum atomic E-state index is 12.6. The highest BCUT2D eigenvalue weighted by Gasteiger charge is 2.30. The summed E-state index contributed by atoms with van der Waals surface area (Å²) < 4.78 is 37.8. The molecule has 1 aliphatic carbocycles. The van der Waals surface area contributed by atoms with Gasteiger partial charge in [-0.1, -0.05) is 24.6 Å². The molecule has 10 heteroatoms. The molecule has 0 bridgehead atoms. The number of carbonyl (C=O) groups excluding carboxylic acids is 1. The van der Waals surface area contributed by atoms with Crippen molar-refractivity contribution in [3.8, 4) is 0 Å². The zero-order chi connectivity index (χ0) is 19.6. The Labute approximate surface area is 156 Å². The van der Waals surface area contributed by atoms with Gasteiger partial charge < -0.3 is 11.1 Å². The lowest BCUT2D eigenvalue weighted by molar-refractivity contribution is -0.137. The summed E-state index contributed by atoms with van der Waals surface area (Å²) in [5.41, 5.74) is 4.06. The van der Waals surface area contributed by atoms with Gasteiger partial charge in [0.15, 0.2) is 11.0 Å². The summed E-state index contributed by atoms with van der Waals surface area (Å²) in [6.07, 6.45) is -0.133. The zero-order valence-corrected chi connectivity index (χ0v) is 14.9. The maximum absolute atomic E-state index is 12.6. The van der Waals surface area contributed by atoms with Crippen molar-refractivity contribution in [2.45, 2.75) is 42.3 Å². The number of anilines is 2. The Bertz CT molecular complexity index is 891. The van der Waals surface area contributed by atoms with Crippen molar-refractivity contribution in [2.24, 2.45) is 0 Å². The molecular formula is C17H17F3N4O2S. The van der Waals surface area contributed by atoms with Crippen LogP contribution in [0, 0.1) is 0 Å². The highest BCUT2D eigenvalue weighted by Crippen LogP contribution is 2.33. The van der Waals surface area contributed by atoms with E-state index in [0.29, 0.717) is 10.4 Å². The lowest BCUT2D eigenvalue weighted by Crippen LogP contribution is -2.23. The Morgan fingerprint density at radius 1 is 1.22 bits per heavy atom. The second kappa shape index (κ2) is 7.63. The summed E-state index contributed by atoms with van der Waals surface area (Å²) >= 11 is 1.44. The van der Waals surface area contributed by atoms with Crippen molar-refractivity contribution in [2.75, 3.05) is 11.1 Å². The summed E-state index contributed by atoms with van der Waals surface area (Å²) in [6.45, 7) is 0. The van der Waals surface area contributed by atoms with E-state index >= 15 is 0 Å². The largest absolute Gasteiger partial charge is 0.416 e. The third-order valence-corrected chi connectivity index (χ3v) is 5.44. The Morgan fingerprint density at radius 3 is 2.41 bits per heavy atom. The van der Waals surface area contributed by atoms with Gasteiger partial charge in [0.1, 0.15) is 5.69 Å². The Hall–Kier alpha value is -2.49. The molecule has 1 aromatic carbocycles. The van der Waals surface area contributed by atoms with Crippen LogP contribution in [-0.4, -0.2) is 21.1 Å². The van der Waals surface area contributed by atoms with Gasteiger partial charge in [-0.25, -0.2) is 4.98 Å². The molecule has 2 aromatic rings. The van der Waals surface area contributed by atoms with E-state index in [0.717, 1.165) is 49.9 Å². The Kier molecular flexibility index (Phi) is 5.45. The number of amides is 1. The van der Waals surface area contributed by atoms with Crippen molar-refractivity contribution in [1.82, 2.24) is 9.97 Å². The van der Waals surface area contributed by atoms with Gasteiger partial charge in [-0.2, -0.15) is 13.2 Å². The number of hydrogen-bond acceptors (Lipinski definition) is 5. The van der Waals surface area contributed by atoms with E-state index in [2.05, 4.69) is 15.3 Å². The van der Waals surface area contributed by atoms with Gasteiger partial charge in [0.2, 0.25) is 0 Å². The summed E-state index contributed by atoms with van der Waals surface area (Å²) in [4.78, 5) is 31.1. The van der Waals surface area contributed by atoms with Gasteiger partial charge in [0.05, 0.1) is 5.56 Å². The van der Waals surface area contributed by atoms with Crippen LogP contribution in [-0.2, 0) is 6.18 Å². The van der Waals surface area contributed by atoms with Crippen LogP contribution in [0.15, 0.2) is 34.2 Å². The summed E-state index contributed by atoms with van der Waals surface area (Å²) in [7, 11) is 0. The minimum absolute atomic E-state index is 0.0359. The molecule has 1 heterocycles. The fraction of sp³-hybridized carbons (Fsp3) is 0.353. The number of H-pyrrole nitrogens is 1. The molecule has 6 nitrogen and oxygen atoms in total. The van der Waals surface area contributed by atoms with Crippen LogP contribution >= 0.6 is 11.8 Å². The highest BCUT2D eigenvalue weighted by molar-refractivity contribution is 7.99. The number of carbonyl (C=O) groups is 1. The minimum Gasteiger partial charge on any atom is -0.382 e. The normalized spacial score (nSPS) is 15.1. The summed E-state index contributed by atoms with van der Waals surface area (Å²) in [5, 5.41) is 3.07. The van der Waals surface area contributed by atoms with Gasteiger partial charge in [0.25, 0.3) is 11.5 Å². The predicted octanol–water partition coefficient (Wildman–Crippen LogP) is 3.66. The van der Waals surface area contributed by atoms with Gasteiger partial charge in [-0.15, -0.1) is 0 Å². The van der Waals surface area contributed by atoms with Crippen LogP contribution < -0.4 is 16.6 Å². The van der Waals surface area contributed by atoms with E-state index in [4.69, 9.17) is 5.73 Å². The van der Waals surface area contributed by atoms with Crippen molar-refractivity contribution in [1.29, 1.82) is 0 Å². The third-order valence-electron chi connectivity index (χ3n) is 4.22. The number of rotatable bonds is 4. The van der Waals surface area contributed by atoms with E-state index in [1.165, 1.54) is 11.8 Å². The van der Waals surface area contributed by atoms with Gasteiger partial charge in [0, 0.05) is 10.8 Å². The van der Waals surface area contributed by atoms with Crippen LogP contribution in [0.4, 0.5) is 24.7 Å². The second-order valence-electron chi connectivity index (χ2n) is 6.18. The standard InChI is InChI=1S/C17H17F3N4O2S/c18-17(19,20)10-7-5-9(6-8-10)14(25)22-12-13(21)23-16(24-15(12)26)27-11-3-1-2-4-11/h5-8,11H,1-4H2,(H,22,25)(H3,21,23,24,26). The van der Waals surface area contributed by atoms with Crippen LogP contribution in [0.2, 0.25) is 0 Å². The molecule has 0 saturated heterocycles. The maximum Gasteiger partial charge on any atom is 0.416 e. The second-order valence-corrected chi connectivity index (χ2v) is 7.47. The molecule has 1 fully saturated rings. The number of halogens is 3. The average molecular weight is 398 g/mol. The van der Waals surface area contributed by atoms with Crippen LogP contribution in [0.3, 0.4) is 0 Å². The molecule has 144 valence electrons. The fourth-order valence-electron chi connectivity index (χ4n) is 2.81. The lowest BCUT2D eigenvalue weighted by Gasteiger charge is -2.11. The molecular weight excluding hydrogens is 381 g/mol. The van der Waals surface area contributed by atoms with Crippen LogP contribution in [0.1, 0.15) is 41.6 Å². The van der Waals surface area contributed by atoms with E-state index in [1.54, 1.807) is 0 Å². The van der Waals surface area contributed by atoms with Gasteiger partial charge >= 0.3 is 6.18 Å². The van der Waals surface area contributed by atoms with E-state index < -0.39 is 23.2 Å². The van der Waals surface area contributed by atoms with Crippen molar-refractivity contribution < 1.29 is 18.0 Å². The number of aromatic nitrogens is 2. The predicted molar refractivity (Wildman–Crippen MR) is 96.8 cm³/mol. The summed E-state index contributed by atoms with van der Waals surface area (Å²) in [6, 6.07) is 3.64. The number of benzene rings is 1. The molecule has 0 spiro atoms. The first kappa shape index (κ1) is 19.3. The van der Waals surface area contributed by atoms with Gasteiger partial charge in [-0.05, 0) is 37.1 Å². The lowest BCUT2D eigenvalue weighted by atomic mass is 10.1. The van der Waals surface area contributed by atoms with Crippen molar-refractivity contribution >= 4 is 29.2 Å². The molecule has 3 rings (SSSR count). The first-order chi connectivity index (χ1) is 12.7. The number of hydrogen-bond donors (Lipinski definition) is 3. The quantitative estimate of drug-likeness (QED) is 0.683. The van der Waals surface area contributed by atoms with Crippen molar-refractivity contribution in [3.05, 3.63) is 45.7 Å². The topological polar surface area (TPSA) is 101 Å². The zero-order valence-electron chi connectivity index (χ0n) is 14.1. The van der Waals surface area contributed by atoms with Crippen LogP contribution in [0.25, 0.3) is 0 Å². The highest BCUT2D eigenvalue weighted by atomic mass is 32.2. The van der Waals surface area contributed by atoms with E-state index in [1.807, 2.05) is 0 Å². The van der Waals surface area contributed by atoms with Gasteiger partial charge in [-0.3, -0.25) is 14.6 Å². The van der Waals surface area contributed by atoms with E-state index in [9.17, 15) is 22.8 Å². The fourth-order valence-corrected chi connectivity index (χ4v) is 3.99. The monoisotopic (exact) mass is 398 g/mol. The Morgan fingerprint density at radius 2 is 1.85 bits per heavy atom. The number of nitrogens with two attached hydrogens (primary N) is 1. The summed E-state index contributed by atoms with van der Waals surface area (Å²) in [5.74, 6) is -0.890. The first-order valence-corrected chi connectivity index (χ1v) is 9.17. The number of nitrogens with zero attached hydrogens (tertiary/aromatic N) is 1. The van der Waals surface area contributed by atoms with E-state index in [-0.39, 0.29) is 17.1 Å². The third kappa shape index (κ3) is 4.62. The number of nitrogen functional groups attached to an aromatic ring is 1. The Balaban J connectivity index is 1.74. The van der Waals surface area contributed by atoms with Crippen molar-refractivity contribution in [3.63, 3.8) is 0 Å². The molecule has 0 atom stereocenters. The molecule has 4 N–H and O–H groups in total. The number of nitrogens with one attached hydrogen (secondary N) is 2. The molecule has 1 aliphatic rings. The smallest absolute Gasteiger partial charge is 0.382 e. The number of alkyl halides is 3. The first-order valence-electron chi connectivity index (χ1n) is 8.29.